The third-order valence-corrected chi connectivity index (χ3v) is 3.37. The van der Waals surface area contributed by atoms with Gasteiger partial charge in [0.1, 0.15) is 0 Å². The predicted molar refractivity (Wildman–Crippen MR) is 75.5 cm³/mol. The summed E-state index contributed by atoms with van der Waals surface area (Å²) in [5.41, 5.74) is 6.60. The number of hydrogen-bond donors (Lipinski definition) is 1. The van der Waals surface area contributed by atoms with Crippen LogP contribution in [0.25, 0.3) is 0 Å². The molecule has 4 heteroatoms. The lowest BCUT2D eigenvalue weighted by Crippen LogP contribution is -2.12. The molecule has 0 bridgehead atoms. The summed E-state index contributed by atoms with van der Waals surface area (Å²) in [5.74, 6) is 1.92. The zero-order valence-corrected chi connectivity index (χ0v) is 12.1. The molecule has 2 N–H and O–H groups in total. The van der Waals surface area contributed by atoms with E-state index >= 15 is 0 Å². The standard InChI is InChI=1S/C14H22ClNO2/c1-4-10(5-2)9-18-14-11(8-16)6-12(15)7-13(14)17-3/h6-7,10H,4-5,8-9,16H2,1-3H3. The fourth-order valence-electron chi connectivity index (χ4n) is 1.82. The minimum absolute atomic E-state index is 0.384. The molecule has 0 aliphatic carbocycles. The summed E-state index contributed by atoms with van der Waals surface area (Å²) in [6.45, 7) is 5.40. The van der Waals surface area contributed by atoms with E-state index in [1.807, 2.05) is 6.07 Å². The van der Waals surface area contributed by atoms with E-state index in [1.54, 1.807) is 13.2 Å². The van der Waals surface area contributed by atoms with Crippen LogP contribution in [-0.4, -0.2) is 13.7 Å². The van der Waals surface area contributed by atoms with Crippen LogP contribution in [0.5, 0.6) is 11.5 Å². The number of rotatable bonds is 7. The van der Waals surface area contributed by atoms with Crippen molar-refractivity contribution in [2.75, 3.05) is 13.7 Å². The monoisotopic (exact) mass is 271 g/mol. The molecule has 0 aliphatic rings. The van der Waals surface area contributed by atoms with Crippen molar-refractivity contribution in [3.05, 3.63) is 22.7 Å². The van der Waals surface area contributed by atoms with Gasteiger partial charge in [0, 0.05) is 23.2 Å². The molecule has 0 saturated heterocycles. The van der Waals surface area contributed by atoms with Gasteiger partial charge in [-0.25, -0.2) is 0 Å². The minimum Gasteiger partial charge on any atom is -0.493 e. The zero-order valence-electron chi connectivity index (χ0n) is 11.3. The summed E-state index contributed by atoms with van der Waals surface area (Å²) < 4.78 is 11.2. The van der Waals surface area contributed by atoms with Gasteiger partial charge >= 0.3 is 0 Å². The van der Waals surface area contributed by atoms with Gasteiger partial charge in [0.2, 0.25) is 0 Å². The van der Waals surface area contributed by atoms with Crippen LogP contribution in [0.1, 0.15) is 32.3 Å². The molecule has 0 atom stereocenters. The Bertz CT molecular complexity index is 353. The van der Waals surface area contributed by atoms with Gasteiger partial charge in [-0.05, 0) is 12.0 Å². The average molecular weight is 272 g/mol. The van der Waals surface area contributed by atoms with Crippen LogP contribution in [-0.2, 0) is 6.54 Å². The van der Waals surface area contributed by atoms with Gasteiger partial charge < -0.3 is 15.2 Å². The zero-order chi connectivity index (χ0) is 13.5. The first-order chi connectivity index (χ1) is 8.65. The molecule has 0 radical (unpaired) electrons. The summed E-state index contributed by atoms with van der Waals surface area (Å²) in [5, 5.41) is 0.613. The number of halogens is 1. The van der Waals surface area contributed by atoms with Crippen molar-refractivity contribution in [1.29, 1.82) is 0 Å². The van der Waals surface area contributed by atoms with Crippen molar-refractivity contribution in [3.8, 4) is 11.5 Å². The van der Waals surface area contributed by atoms with E-state index in [4.69, 9.17) is 26.8 Å². The first-order valence-electron chi connectivity index (χ1n) is 6.35. The second kappa shape index (κ2) is 7.49. The van der Waals surface area contributed by atoms with E-state index in [2.05, 4.69) is 13.8 Å². The lowest BCUT2D eigenvalue weighted by molar-refractivity contribution is 0.228. The van der Waals surface area contributed by atoms with Crippen LogP contribution in [0.15, 0.2) is 12.1 Å². The molecule has 0 saturated carbocycles. The molecule has 1 aromatic rings. The van der Waals surface area contributed by atoms with Crippen molar-refractivity contribution in [1.82, 2.24) is 0 Å². The summed E-state index contributed by atoms with van der Waals surface area (Å²) in [4.78, 5) is 0. The Labute approximate surface area is 114 Å². The highest BCUT2D eigenvalue weighted by atomic mass is 35.5. The Morgan fingerprint density at radius 2 is 1.94 bits per heavy atom. The number of hydrogen-bond acceptors (Lipinski definition) is 3. The van der Waals surface area contributed by atoms with E-state index in [-0.39, 0.29) is 0 Å². The van der Waals surface area contributed by atoms with E-state index in [9.17, 15) is 0 Å². The number of benzene rings is 1. The largest absolute Gasteiger partial charge is 0.493 e. The first kappa shape index (κ1) is 15.1. The van der Waals surface area contributed by atoms with Crippen molar-refractivity contribution in [3.63, 3.8) is 0 Å². The normalized spacial score (nSPS) is 10.8. The third-order valence-electron chi connectivity index (χ3n) is 3.15. The number of ether oxygens (including phenoxy) is 2. The van der Waals surface area contributed by atoms with Crippen molar-refractivity contribution in [2.45, 2.75) is 33.2 Å². The molecule has 0 spiro atoms. The van der Waals surface area contributed by atoms with E-state index < -0.39 is 0 Å². The molecule has 1 aromatic carbocycles. The fraction of sp³-hybridized carbons (Fsp3) is 0.571. The molecule has 3 nitrogen and oxygen atoms in total. The molecule has 0 heterocycles. The van der Waals surface area contributed by atoms with Gasteiger partial charge in [-0.2, -0.15) is 0 Å². The maximum Gasteiger partial charge on any atom is 0.165 e. The lowest BCUT2D eigenvalue weighted by atomic mass is 10.1. The van der Waals surface area contributed by atoms with Gasteiger partial charge in [0.25, 0.3) is 0 Å². The molecule has 0 aliphatic heterocycles. The second-order valence-electron chi connectivity index (χ2n) is 4.29. The topological polar surface area (TPSA) is 44.5 Å². The maximum absolute atomic E-state index is 6.01. The van der Waals surface area contributed by atoms with Gasteiger partial charge in [-0.15, -0.1) is 0 Å². The smallest absolute Gasteiger partial charge is 0.165 e. The lowest BCUT2D eigenvalue weighted by Gasteiger charge is -2.18. The molecule has 102 valence electrons. The fourth-order valence-corrected chi connectivity index (χ4v) is 2.05. The van der Waals surface area contributed by atoms with E-state index in [1.165, 1.54) is 0 Å². The molecule has 0 fully saturated rings. The maximum atomic E-state index is 6.01. The molecule has 18 heavy (non-hydrogen) atoms. The third kappa shape index (κ3) is 3.79. The SMILES string of the molecule is CCC(CC)COc1c(CN)cc(Cl)cc1OC. The van der Waals surface area contributed by atoms with Gasteiger partial charge in [-0.1, -0.05) is 38.3 Å². The number of methoxy groups -OCH3 is 1. The van der Waals surface area contributed by atoms with E-state index in [0.29, 0.717) is 29.8 Å². The molecule has 0 aromatic heterocycles. The van der Waals surface area contributed by atoms with Crippen LogP contribution in [0.4, 0.5) is 0 Å². The Hall–Kier alpha value is -0.930. The van der Waals surface area contributed by atoms with Crippen LogP contribution >= 0.6 is 11.6 Å². The van der Waals surface area contributed by atoms with Crippen molar-refractivity contribution < 1.29 is 9.47 Å². The highest BCUT2D eigenvalue weighted by Crippen LogP contribution is 2.35. The summed E-state index contributed by atoms with van der Waals surface area (Å²) in [7, 11) is 1.61. The predicted octanol–water partition coefficient (Wildman–Crippen LogP) is 3.62. The summed E-state index contributed by atoms with van der Waals surface area (Å²) in [6.07, 6.45) is 2.20. The highest BCUT2D eigenvalue weighted by molar-refractivity contribution is 6.30. The van der Waals surface area contributed by atoms with Crippen LogP contribution in [0, 0.1) is 5.92 Å². The Balaban J connectivity index is 2.91. The quantitative estimate of drug-likeness (QED) is 0.824. The van der Waals surface area contributed by atoms with Crippen LogP contribution in [0.3, 0.4) is 0 Å². The van der Waals surface area contributed by atoms with Gasteiger partial charge in [-0.3, -0.25) is 0 Å². The molecular weight excluding hydrogens is 250 g/mol. The molecule has 1 rings (SSSR count). The van der Waals surface area contributed by atoms with Crippen LogP contribution in [0.2, 0.25) is 5.02 Å². The van der Waals surface area contributed by atoms with E-state index in [0.717, 1.165) is 24.2 Å². The summed E-state index contributed by atoms with van der Waals surface area (Å²) >= 11 is 6.01. The van der Waals surface area contributed by atoms with Crippen molar-refractivity contribution in [2.24, 2.45) is 11.7 Å². The molecular formula is C14H22ClNO2. The average Bonchev–Trinajstić information content (AvgIpc) is 2.40. The molecule has 0 unspecified atom stereocenters. The molecule has 0 amide bonds. The van der Waals surface area contributed by atoms with Crippen molar-refractivity contribution >= 4 is 11.6 Å². The second-order valence-corrected chi connectivity index (χ2v) is 4.73. The van der Waals surface area contributed by atoms with Gasteiger partial charge in [0.15, 0.2) is 11.5 Å². The van der Waals surface area contributed by atoms with Gasteiger partial charge in [0.05, 0.1) is 13.7 Å². The van der Waals surface area contributed by atoms with Crippen LogP contribution < -0.4 is 15.2 Å². The Morgan fingerprint density at radius 3 is 2.44 bits per heavy atom. The minimum atomic E-state index is 0.384. The number of nitrogens with two attached hydrogens (primary N) is 1. The first-order valence-corrected chi connectivity index (χ1v) is 6.73. The Morgan fingerprint density at radius 1 is 1.28 bits per heavy atom. The Kier molecular flexibility index (Phi) is 6.30. The summed E-state index contributed by atoms with van der Waals surface area (Å²) in [6, 6.07) is 3.58. The highest BCUT2D eigenvalue weighted by Gasteiger charge is 2.13.